The van der Waals surface area contributed by atoms with Crippen LogP contribution in [0.15, 0.2) is 65.5 Å². The molecule has 0 radical (unpaired) electrons. The molecule has 2 aromatic carbocycles. The van der Waals surface area contributed by atoms with Crippen LogP contribution in [0.3, 0.4) is 0 Å². The van der Waals surface area contributed by atoms with Crippen molar-refractivity contribution >= 4 is 11.0 Å². The minimum atomic E-state index is -0.0862. The van der Waals surface area contributed by atoms with E-state index in [9.17, 15) is 4.79 Å². The van der Waals surface area contributed by atoms with E-state index in [1.807, 2.05) is 55.5 Å². The van der Waals surface area contributed by atoms with Crippen LogP contribution in [0.4, 0.5) is 0 Å². The minimum Gasteiger partial charge on any atom is -0.308 e. The monoisotopic (exact) mass is 358 g/mol. The van der Waals surface area contributed by atoms with Crippen molar-refractivity contribution in [1.29, 1.82) is 0 Å². The Morgan fingerprint density at radius 1 is 0.963 bits per heavy atom. The molecule has 0 aliphatic carbocycles. The van der Waals surface area contributed by atoms with Crippen molar-refractivity contribution < 1.29 is 0 Å². The summed E-state index contributed by atoms with van der Waals surface area (Å²) in [6.45, 7) is 5.30. The largest absolute Gasteiger partial charge is 0.308 e. The fourth-order valence-corrected chi connectivity index (χ4v) is 3.29. The number of benzene rings is 2. The van der Waals surface area contributed by atoms with Crippen molar-refractivity contribution in [2.75, 3.05) is 0 Å². The summed E-state index contributed by atoms with van der Waals surface area (Å²) in [5.74, 6) is 0. The number of fused-ring (bicyclic) bond motifs is 1. The molecule has 4 rings (SSSR count). The Morgan fingerprint density at radius 2 is 1.67 bits per heavy atom. The zero-order valence-corrected chi connectivity index (χ0v) is 15.5. The van der Waals surface area contributed by atoms with E-state index >= 15 is 0 Å². The van der Waals surface area contributed by atoms with Crippen LogP contribution in [0, 0.1) is 13.8 Å². The van der Waals surface area contributed by atoms with Gasteiger partial charge in [-0.05, 0) is 43.2 Å². The van der Waals surface area contributed by atoms with Crippen LogP contribution in [0.1, 0.15) is 22.4 Å². The van der Waals surface area contributed by atoms with Crippen molar-refractivity contribution in [3.63, 3.8) is 0 Å². The van der Waals surface area contributed by atoms with E-state index in [0.717, 1.165) is 29.0 Å². The first-order chi connectivity index (χ1) is 13.1. The van der Waals surface area contributed by atoms with Crippen molar-refractivity contribution in [2.45, 2.75) is 26.9 Å². The number of H-pyrrole nitrogens is 1. The molecular formula is C22H22N4O. The summed E-state index contributed by atoms with van der Waals surface area (Å²) < 4.78 is 1.79. The number of hydrogen-bond acceptors (Lipinski definition) is 3. The Kier molecular flexibility index (Phi) is 4.60. The molecule has 0 bridgehead atoms. The molecule has 2 aromatic heterocycles. The SMILES string of the molecule is Cc1ccccc1CNCc1cc2c(C)nn(-c3ccccc3)c2[nH]c1=O. The van der Waals surface area contributed by atoms with Crippen LogP contribution in [-0.2, 0) is 13.1 Å². The zero-order valence-electron chi connectivity index (χ0n) is 15.5. The van der Waals surface area contributed by atoms with Gasteiger partial charge in [0.05, 0.1) is 11.4 Å². The lowest BCUT2D eigenvalue weighted by Crippen LogP contribution is -2.21. The molecule has 0 unspecified atom stereocenters. The van der Waals surface area contributed by atoms with Crippen molar-refractivity contribution in [1.82, 2.24) is 20.1 Å². The van der Waals surface area contributed by atoms with Gasteiger partial charge < -0.3 is 10.3 Å². The number of nitrogens with one attached hydrogen (secondary N) is 2. The van der Waals surface area contributed by atoms with Gasteiger partial charge in [0.2, 0.25) is 0 Å². The van der Waals surface area contributed by atoms with Gasteiger partial charge in [-0.3, -0.25) is 4.79 Å². The minimum absolute atomic E-state index is 0.0862. The molecule has 27 heavy (non-hydrogen) atoms. The van der Waals surface area contributed by atoms with Crippen LogP contribution in [0.5, 0.6) is 0 Å². The van der Waals surface area contributed by atoms with Crippen molar-refractivity contribution in [3.05, 3.63) is 93.4 Å². The predicted octanol–water partition coefficient (Wildman–Crippen LogP) is 3.62. The van der Waals surface area contributed by atoms with E-state index < -0.39 is 0 Å². The van der Waals surface area contributed by atoms with Gasteiger partial charge in [-0.1, -0.05) is 42.5 Å². The summed E-state index contributed by atoms with van der Waals surface area (Å²) in [4.78, 5) is 15.6. The molecule has 4 aromatic rings. The Hall–Kier alpha value is -3.18. The third kappa shape index (κ3) is 3.41. The number of aryl methyl sites for hydroxylation is 2. The molecule has 2 heterocycles. The van der Waals surface area contributed by atoms with Gasteiger partial charge in [-0.15, -0.1) is 0 Å². The van der Waals surface area contributed by atoms with E-state index in [0.29, 0.717) is 12.1 Å². The molecule has 136 valence electrons. The van der Waals surface area contributed by atoms with Crippen LogP contribution >= 0.6 is 0 Å². The average molecular weight is 358 g/mol. The maximum Gasteiger partial charge on any atom is 0.254 e. The molecule has 0 saturated carbocycles. The van der Waals surface area contributed by atoms with Gasteiger partial charge in [0.1, 0.15) is 5.65 Å². The average Bonchev–Trinajstić information content (AvgIpc) is 3.00. The third-order valence-corrected chi connectivity index (χ3v) is 4.84. The van der Waals surface area contributed by atoms with Crippen molar-refractivity contribution in [3.8, 4) is 5.69 Å². The first-order valence-corrected chi connectivity index (χ1v) is 9.05. The maximum atomic E-state index is 12.6. The molecule has 5 nitrogen and oxygen atoms in total. The maximum absolute atomic E-state index is 12.6. The van der Waals surface area contributed by atoms with E-state index in [2.05, 4.69) is 34.5 Å². The molecule has 0 atom stereocenters. The van der Waals surface area contributed by atoms with E-state index in [4.69, 9.17) is 0 Å². The normalized spacial score (nSPS) is 11.2. The quantitative estimate of drug-likeness (QED) is 0.573. The Labute approximate surface area is 157 Å². The lowest BCUT2D eigenvalue weighted by molar-refractivity contribution is 0.686. The smallest absolute Gasteiger partial charge is 0.254 e. The highest BCUT2D eigenvalue weighted by molar-refractivity contribution is 5.80. The summed E-state index contributed by atoms with van der Waals surface area (Å²) in [5, 5.41) is 8.95. The Balaban J connectivity index is 1.62. The number of nitrogens with zero attached hydrogens (tertiary/aromatic N) is 2. The second-order valence-electron chi connectivity index (χ2n) is 6.75. The molecule has 0 fully saturated rings. The summed E-state index contributed by atoms with van der Waals surface area (Å²) in [6.07, 6.45) is 0. The predicted molar refractivity (Wildman–Crippen MR) is 108 cm³/mol. The highest BCUT2D eigenvalue weighted by atomic mass is 16.1. The first-order valence-electron chi connectivity index (χ1n) is 9.05. The van der Waals surface area contributed by atoms with Crippen LogP contribution in [0.2, 0.25) is 0 Å². The summed E-state index contributed by atoms with van der Waals surface area (Å²) in [5.41, 5.74) is 5.66. The molecule has 0 saturated heterocycles. The lowest BCUT2D eigenvalue weighted by Gasteiger charge is -2.08. The first kappa shape index (κ1) is 17.2. The van der Waals surface area contributed by atoms with Crippen molar-refractivity contribution in [2.24, 2.45) is 0 Å². The topological polar surface area (TPSA) is 62.7 Å². The van der Waals surface area contributed by atoms with Gasteiger partial charge in [-0.25, -0.2) is 4.68 Å². The Morgan fingerprint density at radius 3 is 2.44 bits per heavy atom. The van der Waals surface area contributed by atoms with Gasteiger partial charge >= 0.3 is 0 Å². The number of aromatic amines is 1. The lowest BCUT2D eigenvalue weighted by atomic mass is 10.1. The van der Waals surface area contributed by atoms with Gasteiger partial charge in [0.25, 0.3) is 5.56 Å². The van der Waals surface area contributed by atoms with Crippen LogP contribution in [0.25, 0.3) is 16.7 Å². The van der Waals surface area contributed by atoms with E-state index in [1.54, 1.807) is 4.68 Å². The summed E-state index contributed by atoms with van der Waals surface area (Å²) >= 11 is 0. The van der Waals surface area contributed by atoms with Crippen LogP contribution < -0.4 is 10.9 Å². The second-order valence-corrected chi connectivity index (χ2v) is 6.75. The standard InChI is InChI=1S/C22H22N4O/c1-15-8-6-7-9-17(15)13-23-14-18-12-20-16(2)25-26(21(20)24-22(18)27)19-10-4-3-5-11-19/h3-12,23H,13-14H2,1-2H3,(H,24,27). The molecule has 0 aliphatic rings. The number of aromatic nitrogens is 3. The molecule has 0 aliphatic heterocycles. The van der Waals surface area contributed by atoms with Gasteiger partial charge in [-0.2, -0.15) is 5.10 Å². The molecule has 2 N–H and O–H groups in total. The molecule has 0 spiro atoms. The third-order valence-electron chi connectivity index (χ3n) is 4.84. The van der Waals surface area contributed by atoms with E-state index in [-0.39, 0.29) is 5.56 Å². The van der Waals surface area contributed by atoms with Gasteiger partial charge in [0.15, 0.2) is 0 Å². The number of para-hydroxylation sites is 1. The fourth-order valence-electron chi connectivity index (χ4n) is 3.29. The molecular weight excluding hydrogens is 336 g/mol. The second kappa shape index (κ2) is 7.21. The van der Waals surface area contributed by atoms with Gasteiger partial charge in [0, 0.05) is 24.0 Å². The zero-order chi connectivity index (χ0) is 18.8. The van der Waals surface area contributed by atoms with Crippen LogP contribution in [-0.4, -0.2) is 14.8 Å². The highest BCUT2D eigenvalue weighted by Crippen LogP contribution is 2.19. The number of rotatable bonds is 5. The molecule has 0 amide bonds. The highest BCUT2D eigenvalue weighted by Gasteiger charge is 2.12. The summed E-state index contributed by atoms with van der Waals surface area (Å²) in [6, 6.07) is 20.0. The van der Waals surface area contributed by atoms with E-state index in [1.165, 1.54) is 11.1 Å². The Bertz CT molecular complexity index is 1140. The number of hydrogen-bond donors (Lipinski definition) is 2. The fraction of sp³-hybridized carbons (Fsp3) is 0.182. The molecule has 5 heteroatoms. The summed E-state index contributed by atoms with van der Waals surface area (Å²) in [7, 11) is 0. The number of pyridine rings is 1.